The number of carboxylic acids is 3. The van der Waals surface area contributed by atoms with Crippen molar-refractivity contribution < 1.29 is 34.3 Å². The second-order valence-corrected chi connectivity index (χ2v) is 7.11. The highest BCUT2D eigenvalue weighted by molar-refractivity contribution is 7.85. The van der Waals surface area contributed by atoms with E-state index < -0.39 is 58.4 Å². The Labute approximate surface area is 140 Å². The Balaban J connectivity index is 2.42. The van der Waals surface area contributed by atoms with E-state index in [0.29, 0.717) is 0 Å². The SMILES string of the molecule is O=C(O)c1nn[nH]c1P(=O)(c1[nH]nnc1C(=O)O)c1[nH]nnc1C(=O)O. The van der Waals surface area contributed by atoms with Gasteiger partial charge in [-0.15, -0.1) is 15.3 Å². The summed E-state index contributed by atoms with van der Waals surface area (Å²) in [6, 6.07) is 0. The lowest BCUT2D eigenvalue weighted by atomic mass is 10.5. The number of hydrogen-bond donors (Lipinski definition) is 6. The van der Waals surface area contributed by atoms with Crippen LogP contribution in [0.1, 0.15) is 31.5 Å². The van der Waals surface area contributed by atoms with Crippen molar-refractivity contribution in [2.45, 2.75) is 0 Å². The average molecular weight is 383 g/mol. The van der Waals surface area contributed by atoms with Gasteiger partial charge in [0.25, 0.3) is 0 Å². The maximum Gasteiger partial charge on any atom is 0.358 e. The van der Waals surface area contributed by atoms with E-state index >= 15 is 0 Å². The first-order chi connectivity index (χ1) is 12.3. The van der Waals surface area contributed by atoms with Gasteiger partial charge in [-0.2, -0.15) is 0 Å². The lowest BCUT2D eigenvalue weighted by Crippen LogP contribution is -2.35. The van der Waals surface area contributed by atoms with E-state index in [2.05, 4.69) is 46.2 Å². The van der Waals surface area contributed by atoms with Crippen molar-refractivity contribution in [2.24, 2.45) is 0 Å². The van der Waals surface area contributed by atoms with Crippen molar-refractivity contribution in [3.8, 4) is 0 Å². The normalized spacial score (nSPS) is 11.4. The molecule has 0 aliphatic rings. The number of aromatic carboxylic acids is 3. The van der Waals surface area contributed by atoms with Gasteiger partial charge in [-0.1, -0.05) is 15.6 Å². The molecule has 0 aliphatic carbocycles. The number of nitrogens with zero attached hydrogens (tertiary/aromatic N) is 6. The Hall–Kier alpha value is -3.94. The van der Waals surface area contributed by atoms with Crippen LogP contribution in [-0.4, -0.2) is 79.5 Å². The minimum absolute atomic E-state index is 0.674. The van der Waals surface area contributed by atoms with Crippen molar-refractivity contribution in [3.05, 3.63) is 17.1 Å². The highest BCUT2D eigenvalue weighted by Gasteiger charge is 2.46. The third kappa shape index (κ3) is 2.32. The predicted octanol–water partition coefficient (Wildman–Crippen LogP) is -3.23. The van der Waals surface area contributed by atoms with Gasteiger partial charge in [-0.25, -0.2) is 14.4 Å². The summed E-state index contributed by atoms with van der Waals surface area (Å²) in [5, 5.41) is 53.5. The molecule has 0 amide bonds. The molecule has 0 atom stereocenters. The van der Waals surface area contributed by atoms with Crippen LogP contribution in [0.5, 0.6) is 0 Å². The minimum atomic E-state index is -4.59. The predicted molar refractivity (Wildman–Crippen MR) is 76.5 cm³/mol. The summed E-state index contributed by atoms with van der Waals surface area (Å²) in [6.07, 6.45) is 0. The fourth-order valence-electron chi connectivity index (χ4n) is 2.09. The molecule has 17 heteroatoms. The van der Waals surface area contributed by atoms with Crippen LogP contribution in [0.25, 0.3) is 0 Å². The average Bonchev–Trinajstić information content (AvgIpc) is 3.32. The highest BCUT2D eigenvalue weighted by Crippen LogP contribution is 2.42. The molecule has 6 N–H and O–H groups in total. The molecular formula is C9H6N9O7P. The lowest BCUT2D eigenvalue weighted by molar-refractivity contribution is 0.0681. The molecule has 0 bridgehead atoms. The molecule has 0 fully saturated rings. The summed E-state index contributed by atoms with van der Waals surface area (Å²) >= 11 is 0. The van der Waals surface area contributed by atoms with Crippen molar-refractivity contribution in [3.63, 3.8) is 0 Å². The quantitative estimate of drug-likeness (QED) is 0.229. The monoisotopic (exact) mass is 383 g/mol. The zero-order valence-corrected chi connectivity index (χ0v) is 13.0. The number of carboxylic acid groups (broad SMARTS) is 3. The van der Waals surface area contributed by atoms with Gasteiger partial charge >= 0.3 is 17.9 Å². The van der Waals surface area contributed by atoms with Crippen molar-refractivity contribution in [1.82, 2.24) is 46.2 Å². The summed E-state index contributed by atoms with van der Waals surface area (Å²) in [7, 11) is -4.59. The third-order valence-electron chi connectivity index (χ3n) is 3.14. The van der Waals surface area contributed by atoms with Crippen LogP contribution in [0.4, 0.5) is 0 Å². The number of carbonyl (C=O) groups is 3. The fourth-order valence-corrected chi connectivity index (χ4v) is 4.64. The van der Waals surface area contributed by atoms with E-state index in [1.807, 2.05) is 0 Å². The molecule has 0 saturated carbocycles. The Morgan fingerprint density at radius 2 is 0.923 bits per heavy atom. The molecule has 0 radical (unpaired) electrons. The highest BCUT2D eigenvalue weighted by atomic mass is 31.2. The van der Waals surface area contributed by atoms with Crippen LogP contribution in [0.3, 0.4) is 0 Å². The number of aromatic amines is 3. The summed E-state index contributed by atoms with van der Waals surface area (Å²) in [6.45, 7) is 0. The van der Waals surface area contributed by atoms with Crippen molar-refractivity contribution >= 4 is 41.4 Å². The Bertz CT molecular complexity index is 947. The van der Waals surface area contributed by atoms with Crippen LogP contribution in [-0.2, 0) is 4.57 Å². The van der Waals surface area contributed by atoms with E-state index in [4.69, 9.17) is 0 Å². The summed E-state index contributed by atoms with van der Waals surface area (Å²) in [5.41, 5.74) is -4.51. The molecular weight excluding hydrogens is 377 g/mol. The summed E-state index contributed by atoms with van der Waals surface area (Å²) < 4.78 is 13.9. The maximum atomic E-state index is 13.9. The van der Waals surface area contributed by atoms with Gasteiger partial charge in [0.05, 0.1) is 0 Å². The number of nitrogens with one attached hydrogen (secondary N) is 3. The van der Waals surface area contributed by atoms with Crippen LogP contribution in [0, 0.1) is 0 Å². The molecule has 0 unspecified atom stereocenters. The Kier molecular flexibility index (Phi) is 3.80. The van der Waals surface area contributed by atoms with Crippen LogP contribution < -0.4 is 16.3 Å². The molecule has 0 spiro atoms. The van der Waals surface area contributed by atoms with E-state index in [1.54, 1.807) is 0 Å². The molecule has 3 heterocycles. The smallest absolute Gasteiger partial charge is 0.358 e. The van der Waals surface area contributed by atoms with Gasteiger partial charge in [-0.05, 0) is 0 Å². The van der Waals surface area contributed by atoms with Gasteiger partial charge in [0.15, 0.2) is 0 Å². The van der Waals surface area contributed by atoms with E-state index in [-0.39, 0.29) is 0 Å². The van der Waals surface area contributed by atoms with Gasteiger partial charge in [-0.3, -0.25) is 15.3 Å². The van der Waals surface area contributed by atoms with Crippen LogP contribution >= 0.6 is 7.14 Å². The van der Waals surface area contributed by atoms with Crippen molar-refractivity contribution in [2.75, 3.05) is 0 Å². The second-order valence-electron chi connectivity index (χ2n) is 4.55. The molecule has 26 heavy (non-hydrogen) atoms. The first-order valence-electron chi connectivity index (χ1n) is 6.33. The first kappa shape index (κ1) is 16.9. The number of hydrogen-bond acceptors (Lipinski definition) is 10. The van der Waals surface area contributed by atoms with Gasteiger partial charge in [0.2, 0.25) is 24.2 Å². The molecule has 3 aromatic rings. The standard InChI is InChI=1S/C9H6N9O7P/c19-7(20)1-4(13-16-10-1)26(25,5-2(8(21)22)11-17-14-5)6-3(9(23)24)12-18-15-6/h(H,19,20)(H,21,22)(H,23,24)(H,10,13,16)(H,11,14,17)(H,12,15,18). The largest absolute Gasteiger partial charge is 0.476 e. The molecule has 3 rings (SSSR count). The Morgan fingerprint density at radius 1 is 0.654 bits per heavy atom. The van der Waals surface area contributed by atoms with Gasteiger partial charge in [0, 0.05) is 0 Å². The maximum absolute atomic E-state index is 13.9. The van der Waals surface area contributed by atoms with Gasteiger partial charge < -0.3 is 19.9 Å². The Morgan fingerprint density at radius 3 is 1.15 bits per heavy atom. The zero-order valence-electron chi connectivity index (χ0n) is 12.1. The van der Waals surface area contributed by atoms with E-state index in [1.165, 1.54) is 0 Å². The topological polar surface area (TPSA) is 254 Å². The van der Waals surface area contributed by atoms with E-state index in [0.717, 1.165) is 0 Å². The van der Waals surface area contributed by atoms with Gasteiger partial charge in [0.1, 0.15) is 16.3 Å². The van der Waals surface area contributed by atoms with Crippen LogP contribution in [0.15, 0.2) is 0 Å². The number of aromatic nitrogens is 9. The molecule has 0 saturated heterocycles. The van der Waals surface area contributed by atoms with Crippen molar-refractivity contribution in [1.29, 1.82) is 0 Å². The second kappa shape index (κ2) is 5.85. The molecule has 0 aliphatic heterocycles. The first-order valence-corrected chi connectivity index (χ1v) is 8.04. The lowest BCUT2D eigenvalue weighted by Gasteiger charge is -2.14. The summed E-state index contributed by atoms with van der Waals surface area (Å²) in [5.74, 6) is -4.95. The number of H-pyrrole nitrogens is 3. The minimum Gasteiger partial charge on any atom is -0.476 e. The molecule has 134 valence electrons. The molecule has 0 aromatic carbocycles. The molecule has 16 nitrogen and oxygen atoms in total. The zero-order chi connectivity index (χ0) is 19.1. The molecule has 3 aromatic heterocycles. The third-order valence-corrected chi connectivity index (χ3v) is 5.97. The van der Waals surface area contributed by atoms with Crippen LogP contribution in [0.2, 0.25) is 0 Å². The number of rotatable bonds is 6. The summed E-state index contributed by atoms with van der Waals surface area (Å²) in [4.78, 5) is 34.0. The fraction of sp³-hybridized carbons (Fsp3) is 0. The van der Waals surface area contributed by atoms with E-state index in [9.17, 15) is 34.3 Å².